The van der Waals surface area contributed by atoms with E-state index in [4.69, 9.17) is 4.74 Å². The monoisotopic (exact) mass is 317 g/mol. The van der Waals surface area contributed by atoms with Gasteiger partial charge in [0.05, 0.1) is 18.8 Å². The molecule has 0 atom stereocenters. The number of pyridine rings is 1. The number of rotatable bonds is 5. The van der Waals surface area contributed by atoms with E-state index >= 15 is 0 Å². The molecule has 2 heterocycles. The molecule has 0 unspecified atom stereocenters. The molecule has 0 saturated carbocycles. The summed E-state index contributed by atoms with van der Waals surface area (Å²) in [6.07, 6.45) is 0. The van der Waals surface area contributed by atoms with Crippen LogP contribution in [0.15, 0.2) is 23.0 Å². The van der Waals surface area contributed by atoms with Crippen LogP contribution in [0, 0.1) is 13.8 Å². The van der Waals surface area contributed by atoms with Gasteiger partial charge in [-0.25, -0.2) is 0 Å². The molecule has 4 N–H and O–H groups in total. The maximum Gasteiger partial charge on any atom is 0.257 e. The normalized spacial score (nSPS) is 16.1. The molecule has 23 heavy (non-hydrogen) atoms. The van der Waals surface area contributed by atoms with Gasteiger partial charge in [0, 0.05) is 5.52 Å². The molecule has 5 heteroatoms. The van der Waals surface area contributed by atoms with Crippen LogP contribution in [-0.4, -0.2) is 44.4 Å². The number of nitrogens with two attached hydrogens (primary N) is 1. The molecule has 1 aliphatic rings. The zero-order valence-corrected chi connectivity index (χ0v) is 14.1. The maximum absolute atomic E-state index is 12.2. The second kappa shape index (κ2) is 7.25. The van der Waals surface area contributed by atoms with Crippen molar-refractivity contribution in [1.82, 2.24) is 4.98 Å². The van der Waals surface area contributed by atoms with Crippen LogP contribution in [0.25, 0.3) is 10.9 Å². The number of hydrogen-bond acceptors (Lipinski definition) is 2. The van der Waals surface area contributed by atoms with E-state index in [1.807, 2.05) is 6.07 Å². The lowest BCUT2D eigenvalue weighted by atomic mass is 10.1. The Labute approximate surface area is 136 Å². The Morgan fingerprint density at radius 1 is 1.17 bits per heavy atom. The second-order valence-corrected chi connectivity index (χ2v) is 6.54. The first-order chi connectivity index (χ1) is 11.1. The molecule has 0 aliphatic carbocycles. The van der Waals surface area contributed by atoms with Gasteiger partial charge in [-0.2, -0.15) is 0 Å². The molecule has 1 aromatic heterocycles. The average Bonchev–Trinajstić information content (AvgIpc) is 2.55. The maximum atomic E-state index is 12.2. The molecule has 1 fully saturated rings. The molecular weight excluding hydrogens is 290 g/mol. The largest absolute Gasteiger partial charge is 0.370 e. The third-order valence-corrected chi connectivity index (χ3v) is 4.80. The van der Waals surface area contributed by atoms with Gasteiger partial charge in [-0.1, -0.05) is 0 Å². The van der Waals surface area contributed by atoms with Crippen molar-refractivity contribution in [3.8, 4) is 0 Å². The van der Waals surface area contributed by atoms with Crippen molar-refractivity contribution >= 4 is 10.9 Å². The van der Waals surface area contributed by atoms with Crippen molar-refractivity contribution in [3.63, 3.8) is 0 Å². The molecule has 3 rings (SSSR count). The minimum absolute atomic E-state index is 0.0377. The van der Waals surface area contributed by atoms with Gasteiger partial charge in [-0.05, 0) is 48.6 Å². The Hall–Kier alpha value is -1.69. The van der Waals surface area contributed by atoms with Gasteiger partial charge in [0.25, 0.3) is 5.56 Å². The van der Waals surface area contributed by atoms with Crippen LogP contribution in [0.3, 0.4) is 0 Å². The van der Waals surface area contributed by atoms with Crippen LogP contribution >= 0.6 is 0 Å². The lowest BCUT2D eigenvalue weighted by molar-refractivity contribution is -0.920. The number of ether oxygens (including phenoxy) is 1. The lowest BCUT2D eigenvalue weighted by Gasteiger charge is -2.22. The summed E-state index contributed by atoms with van der Waals surface area (Å²) in [4.78, 5) is 16.9. The Balaban J connectivity index is 1.62. The van der Waals surface area contributed by atoms with Gasteiger partial charge in [-0.3, -0.25) is 4.79 Å². The molecule has 1 aliphatic heterocycles. The number of nitrogens with one attached hydrogen (secondary N) is 2. The van der Waals surface area contributed by atoms with Gasteiger partial charge in [0.15, 0.2) is 0 Å². The van der Waals surface area contributed by atoms with E-state index in [9.17, 15) is 4.79 Å². The van der Waals surface area contributed by atoms with Crippen molar-refractivity contribution in [2.24, 2.45) is 0 Å². The average molecular weight is 317 g/mol. The highest BCUT2D eigenvalue weighted by atomic mass is 16.5. The highest BCUT2D eigenvalue weighted by Crippen LogP contribution is 2.16. The topological polar surface area (TPSA) is 63.1 Å². The summed E-state index contributed by atoms with van der Waals surface area (Å²) in [6, 6.07) is 6.25. The van der Waals surface area contributed by atoms with Crippen LogP contribution < -0.4 is 15.8 Å². The molecule has 0 spiro atoms. The van der Waals surface area contributed by atoms with Gasteiger partial charge >= 0.3 is 0 Å². The fourth-order valence-corrected chi connectivity index (χ4v) is 3.15. The SMILES string of the molecule is Cc1cc2cc(C[NH2+]CC[NH+]3CCOCC3)c(=O)[nH]c2cc1C. The van der Waals surface area contributed by atoms with E-state index in [0.29, 0.717) is 0 Å². The summed E-state index contributed by atoms with van der Waals surface area (Å²) in [5.41, 5.74) is 4.30. The van der Waals surface area contributed by atoms with Gasteiger partial charge in [0.1, 0.15) is 32.7 Å². The first kappa shape index (κ1) is 16.2. The summed E-state index contributed by atoms with van der Waals surface area (Å²) in [6.45, 7) is 11.0. The first-order valence-corrected chi connectivity index (χ1v) is 8.49. The number of aromatic nitrogens is 1. The predicted molar refractivity (Wildman–Crippen MR) is 90.9 cm³/mol. The van der Waals surface area contributed by atoms with Crippen LogP contribution in [0.2, 0.25) is 0 Å². The van der Waals surface area contributed by atoms with Gasteiger partial charge < -0.3 is 19.9 Å². The summed E-state index contributed by atoms with van der Waals surface area (Å²) in [5.74, 6) is 0. The quantitative estimate of drug-likeness (QED) is 0.628. The smallest absolute Gasteiger partial charge is 0.257 e. The van der Waals surface area contributed by atoms with Gasteiger partial charge in [0.2, 0.25) is 0 Å². The summed E-state index contributed by atoms with van der Waals surface area (Å²) < 4.78 is 5.37. The molecule has 1 aromatic carbocycles. The minimum atomic E-state index is 0.0377. The second-order valence-electron chi connectivity index (χ2n) is 6.54. The fraction of sp³-hybridized carbons (Fsp3) is 0.500. The van der Waals surface area contributed by atoms with Crippen molar-refractivity contribution in [3.05, 3.63) is 45.2 Å². The molecule has 124 valence electrons. The zero-order chi connectivity index (χ0) is 16.2. The van der Waals surface area contributed by atoms with Crippen LogP contribution in [0.4, 0.5) is 0 Å². The van der Waals surface area contributed by atoms with Crippen molar-refractivity contribution in [2.45, 2.75) is 20.4 Å². The number of quaternary nitrogens is 2. The molecule has 0 radical (unpaired) electrons. The number of aromatic amines is 1. The molecule has 2 aromatic rings. The summed E-state index contributed by atoms with van der Waals surface area (Å²) >= 11 is 0. The van der Waals surface area contributed by atoms with Crippen molar-refractivity contribution in [2.75, 3.05) is 39.4 Å². The molecule has 1 saturated heterocycles. The van der Waals surface area contributed by atoms with Crippen molar-refractivity contribution < 1.29 is 15.0 Å². The Morgan fingerprint density at radius 3 is 2.70 bits per heavy atom. The predicted octanol–water partition coefficient (Wildman–Crippen LogP) is -0.877. The van der Waals surface area contributed by atoms with Gasteiger partial charge in [-0.15, -0.1) is 0 Å². The van der Waals surface area contributed by atoms with E-state index in [1.165, 1.54) is 11.1 Å². The van der Waals surface area contributed by atoms with Crippen molar-refractivity contribution in [1.29, 1.82) is 0 Å². The third-order valence-electron chi connectivity index (χ3n) is 4.80. The number of hydrogen-bond donors (Lipinski definition) is 3. The lowest BCUT2D eigenvalue weighted by Crippen LogP contribution is -3.16. The Bertz CT molecular complexity index is 733. The van der Waals surface area contributed by atoms with E-state index < -0.39 is 0 Å². The highest BCUT2D eigenvalue weighted by Gasteiger charge is 2.14. The number of morpholine rings is 1. The molecule has 0 amide bonds. The summed E-state index contributed by atoms with van der Waals surface area (Å²) in [5, 5.41) is 3.36. The number of aryl methyl sites for hydroxylation is 2. The number of H-pyrrole nitrogens is 1. The summed E-state index contributed by atoms with van der Waals surface area (Å²) in [7, 11) is 0. The van der Waals surface area contributed by atoms with Crippen LogP contribution in [-0.2, 0) is 11.3 Å². The van der Waals surface area contributed by atoms with E-state index in [0.717, 1.165) is 62.4 Å². The standard InChI is InChI=1S/C18H25N3O2/c1-13-9-15-11-16(18(22)20-17(15)10-14(13)2)12-19-3-4-21-5-7-23-8-6-21/h9-11,19H,3-8,12H2,1-2H3,(H,20,22)/p+2. The Kier molecular flexibility index (Phi) is 5.10. The molecule has 0 bridgehead atoms. The molecular formula is C18H27N3O2+2. The highest BCUT2D eigenvalue weighted by molar-refractivity contribution is 5.80. The van der Waals surface area contributed by atoms with Crippen LogP contribution in [0.5, 0.6) is 0 Å². The van der Waals surface area contributed by atoms with Crippen LogP contribution in [0.1, 0.15) is 16.7 Å². The van der Waals surface area contributed by atoms with E-state index in [2.05, 4.69) is 36.3 Å². The Morgan fingerprint density at radius 2 is 1.91 bits per heavy atom. The zero-order valence-electron chi connectivity index (χ0n) is 14.1. The van der Waals surface area contributed by atoms with E-state index in [1.54, 1.807) is 4.90 Å². The third kappa shape index (κ3) is 3.99. The number of benzene rings is 1. The van der Waals surface area contributed by atoms with E-state index in [-0.39, 0.29) is 5.56 Å². The number of fused-ring (bicyclic) bond motifs is 1. The molecule has 5 nitrogen and oxygen atoms in total. The fourth-order valence-electron chi connectivity index (χ4n) is 3.15. The minimum Gasteiger partial charge on any atom is -0.370 e. The first-order valence-electron chi connectivity index (χ1n) is 8.49.